The van der Waals surface area contributed by atoms with Crippen LogP contribution in [0.3, 0.4) is 0 Å². The number of furan rings is 1. The number of amides is 2. The van der Waals surface area contributed by atoms with Crippen molar-refractivity contribution >= 4 is 45.0 Å². The molecule has 1 atom stereocenters. The quantitative estimate of drug-likeness (QED) is 0.267. The van der Waals surface area contributed by atoms with E-state index in [1.54, 1.807) is 37.4 Å². The Balaban J connectivity index is 0.00000177. The molecule has 57 heavy (non-hydrogen) atoms. The van der Waals surface area contributed by atoms with Gasteiger partial charge in [0.15, 0.2) is 28.8 Å². The van der Waals surface area contributed by atoms with Crippen LogP contribution in [-0.2, 0) is 26.2 Å². The monoisotopic (exact) mass is 809 g/mol. The maximum absolute atomic E-state index is 14.8. The van der Waals surface area contributed by atoms with Crippen molar-refractivity contribution in [3.8, 4) is 28.7 Å². The van der Waals surface area contributed by atoms with Gasteiger partial charge in [-0.3, -0.25) is 14.4 Å². The summed E-state index contributed by atoms with van der Waals surface area (Å²) in [7, 11) is 0.404. The van der Waals surface area contributed by atoms with Crippen molar-refractivity contribution < 1.29 is 56.0 Å². The normalized spacial score (nSPS) is 18.0. The van der Waals surface area contributed by atoms with E-state index in [0.29, 0.717) is 84.4 Å². The molecule has 1 unspecified atom stereocenters. The zero-order valence-corrected chi connectivity index (χ0v) is 32.9. The standard InChI is InChI=1S/C38H45N5O10S.CH2O2/c1-48-31-20-28-27(34(49-2)36(31)50-3)19-26-23-43(54(46,47)32-12-6-10-29-35(32)53-18-17-52-29)15-5-4-13-42(38(45)30-11-8-16-51-30)24-33(44)39-21-25-9-7-14-41(22-25)37(26)40-28;2-1-3/h6,8,10-12,16,19-20,25H,4-5,7,9,13-15,17-18,21-24H2,1-3H3,(H,39,44);1H,(H,2,3). The lowest BCUT2D eigenvalue weighted by Gasteiger charge is -2.36. The maximum atomic E-state index is 14.8. The van der Waals surface area contributed by atoms with E-state index in [2.05, 4.69) is 10.2 Å². The summed E-state index contributed by atoms with van der Waals surface area (Å²) in [6.07, 6.45) is 3.88. The number of nitrogens with one attached hydrogen (secondary N) is 1. The summed E-state index contributed by atoms with van der Waals surface area (Å²) in [5.41, 5.74) is 1.25. The molecule has 1 fully saturated rings. The Bertz CT molecular complexity index is 2160. The van der Waals surface area contributed by atoms with E-state index in [1.807, 2.05) is 6.07 Å². The number of para-hydroxylation sites is 1. The molecule has 2 amide bonds. The molecule has 0 aliphatic carbocycles. The summed E-state index contributed by atoms with van der Waals surface area (Å²) in [5.74, 6) is 1.92. The van der Waals surface area contributed by atoms with Crippen LogP contribution in [0.25, 0.3) is 10.9 Å². The topological polar surface area (TPSA) is 200 Å². The van der Waals surface area contributed by atoms with Crippen LogP contribution in [0.4, 0.5) is 5.82 Å². The molecule has 306 valence electrons. The average molecular weight is 810 g/mol. The minimum absolute atomic E-state index is 0.00211. The van der Waals surface area contributed by atoms with E-state index < -0.39 is 15.9 Å². The van der Waals surface area contributed by atoms with Gasteiger partial charge in [-0.25, -0.2) is 13.4 Å². The first-order valence-corrected chi connectivity index (χ1v) is 20.0. The second-order valence-electron chi connectivity index (χ2n) is 13.6. The Morgan fingerprint density at radius 1 is 0.965 bits per heavy atom. The number of pyridine rings is 1. The van der Waals surface area contributed by atoms with Crippen molar-refractivity contribution in [2.75, 3.05) is 78.7 Å². The Morgan fingerprint density at radius 2 is 1.74 bits per heavy atom. The van der Waals surface area contributed by atoms with Gasteiger partial charge < -0.3 is 48.3 Å². The van der Waals surface area contributed by atoms with E-state index in [-0.39, 0.29) is 67.5 Å². The molecule has 2 aromatic heterocycles. The maximum Gasteiger partial charge on any atom is 0.290 e. The van der Waals surface area contributed by atoms with Gasteiger partial charge >= 0.3 is 0 Å². The Hall–Kier alpha value is -5.75. The number of fused-ring (bicyclic) bond motifs is 6. The van der Waals surface area contributed by atoms with Crippen molar-refractivity contribution in [1.82, 2.24) is 19.5 Å². The smallest absolute Gasteiger partial charge is 0.290 e. The van der Waals surface area contributed by atoms with Gasteiger partial charge in [-0.15, -0.1) is 0 Å². The highest BCUT2D eigenvalue weighted by atomic mass is 32.2. The van der Waals surface area contributed by atoms with Gasteiger partial charge in [0.1, 0.15) is 23.9 Å². The van der Waals surface area contributed by atoms with E-state index >= 15 is 0 Å². The number of rotatable bonds is 6. The Morgan fingerprint density at radius 3 is 2.47 bits per heavy atom. The number of hydrogen-bond acceptors (Lipinski definition) is 13. The minimum Gasteiger partial charge on any atom is -0.493 e. The van der Waals surface area contributed by atoms with Crippen LogP contribution in [0.15, 0.2) is 58.0 Å². The fraction of sp³-hybridized carbons (Fsp3) is 0.436. The van der Waals surface area contributed by atoms with Gasteiger partial charge in [0.2, 0.25) is 21.7 Å². The lowest BCUT2D eigenvalue weighted by molar-refractivity contribution is -0.123. The molecule has 7 rings (SSSR count). The number of carbonyl (C=O) groups is 3. The van der Waals surface area contributed by atoms with Gasteiger partial charge in [-0.2, -0.15) is 4.31 Å². The van der Waals surface area contributed by atoms with Gasteiger partial charge in [0, 0.05) is 56.3 Å². The number of carbonyl (C=O) groups excluding carboxylic acids is 2. The van der Waals surface area contributed by atoms with Crippen LogP contribution in [-0.4, -0.2) is 120 Å². The number of benzene rings is 2. The van der Waals surface area contributed by atoms with Crippen molar-refractivity contribution in [3.05, 3.63) is 60.1 Å². The third kappa shape index (κ3) is 8.96. The molecule has 3 aliphatic heterocycles. The number of hydrogen-bond donors (Lipinski definition) is 2. The predicted molar refractivity (Wildman–Crippen MR) is 207 cm³/mol. The number of ether oxygens (including phenoxy) is 5. The second-order valence-corrected chi connectivity index (χ2v) is 15.5. The summed E-state index contributed by atoms with van der Waals surface area (Å²) < 4.78 is 65.3. The number of methoxy groups -OCH3 is 3. The van der Waals surface area contributed by atoms with E-state index in [9.17, 15) is 18.0 Å². The summed E-state index contributed by atoms with van der Waals surface area (Å²) in [4.78, 5) is 43.8. The number of sulfonamides is 1. The minimum atomic E-state index is -4.21. The van der Waals surface area contributed by atoms with Crippen molar-refractivity contribution in [1.29, 1.82) is 0 Å². The lowest BCUT2D eigenvalue weighted by atomic mass is 9.97. The number of carboxylic acid groups (broad SMARTS) is 1. The van der Waals surface area contributed by atoms with Crippen LogP contribution in [0.2, 0.25) is 0 Å². The first-order chi connectivity index (χ1) is 27.6. The molecule has 2 aromatic carbocycles. The molecule has 0 spiro atoms. The van der Waals surface area contributed by atoms with Crippen molar-refractivity contribution in [3.63, 3.8) is 0 Å². The highest BCUT2D eigenvalue weighted by Gasteiger charge is 2.34. The first kappa shape index (κ1) is 40.9. The number of nitrogens with zero attached hydrogens (tertiary/aromatic N) is 4. The fourth-order valence-corrected chi connectivity index (χ4v) is 8.99. The third-order valence-electron chi connectivity index (χ3n) is 10.0. The van der Waals surface area contributed by atoms with Crippen LogP contribution >= 0.6 is 0 Å². The zero-order valence-electron chi connectivity index (χ0n) is 32.1. The summed E-state index contributed by atoms with van der Waals surface area (Å²) in [6.45, 7) is 2.02. The number of piperidine rings is 1. The average Bonchev–Trinajstić information content (AvgIpc) is 3.77. The van der Waals surface area contributed by atoms with Crippen molar-refractivity contribution in [2.24, 2.45) is 5.92 Å². The second kappa shape index (κ2) is 18.5. The highest BCUT2D eigenvalue weighted by Crippen LogP contribution is 2.45. The van der Waals surface area contributed by atoms with Gasteiger partial charge in [-0.1, -0.05) is 6.07 Å². The van der Waals surface area contributed by atoms with E-state index in [1.165, 1.54) is 35.8 Å². The SMILES string of the molecule is COc1cc2nc3c(cc2c(OC)c1OC)CN(S(=O)(=O)c1cccc2c1OCCO2)CCCCN(C(=O)c1ccco1)CC(=O)NCC1CCCN3C1.O=CO. The number of aromatic nitrogens is 1. The van der Waals surface area contributed by atoms with Crippen LogP contribution in [0, 0.1) is 5.92 Å². The molecule has 5 heterocycles. The molecule has 1 saturated heterocycles. The fourth-order valence-electron chi connectivity index (χ4n) is 7.39. The summed E-state index contributed by atoms with van der Waals surface area (Å²) in [6, 6.07) is 11.7. The number of anilines is 1. The van der Waals surface area contributed by atoms with Crippen LogP contribution < -0.4 is 33.9 Å². The van der Waals surface area contributed by atoms with E-state index in [4.69, 9.17) is 43.0 Å². The van der Waals surface area contributed by atoms with Gasteiger partial charge in [0.25, 0.3) is 12.4 Å². The first-order valence-electron chi connectivity index (χ1n) is 18.6. The molecular formula is C39H47N5O12S. The molecule has 17 nitrogen and oxygen atoms in total. The Labute approximate surface area is 330 Å². The van der Waals surface area contributed by atoms with Crippen molar-refractivity contribution in [2.45, 2.75) is 37.1 Å². The highest BCUT2D eigenvalue weighted by molar-refractivity contribution is 7.89. The van der Waals surface area contributed by atoms with Gasteiger partial charge in [0.05, 0.1) is 39.7 Å². The van der Waals surface area contributed by atoms with E-state index in [0.717, 1.165) is 12.8 Å². The lowest BCUT2D eigenvalue weighted by Crippen LogP contribution is -2.45. The summed E-state index contributed by atoms with van der Waals surface area (Å²) in [5, 5.41) is 10.6. The molecule has 18 heteroatoms. The van der Waals surface area contributed by atoms with Crippen LogP contribution in [0.1, 0.15) is 41.8 Å². The van der Waals surface area contributed by atoms with Gasteiger partial charge in [-0.05, 0) is 61.9 Å². The Kier molecular flexibility index (Phi) is 13.2. The molecule has 2 bridgehead atoms. The molecule has 0 saturated carbocycles. The molecule has 3 aliphatic rings. The third-order valence-corrected chi connectivity index (χ3v) is 11.9. The van der Waals surface area contributed by atoms with Crippen LogP contribution in [0.5, 0.6) is 28.7 Å². The molecule has 2 N–H and O–H groups in total. The molecular weight excluding hydrogens is 763 g/mol. The largest absolute Gasteiger partial charge is 0.493 e. The molecule has 4 aromatic rings. The zero-order chi connectivity index (χ0) is 40.5. The summed E-state index contributed by atoms with van der Waals surface area (Å²) >= 11 is 0. The molecule has 0 radical (unpaired) electrons. The predicted octanol–water partition coefficient (Wildman–Crippen LogP) is 3.79.